The van der Waals surface area contributed by atoms with Crippen LogP contribution in [0.4, 0.5) is 4.79 Å². The van der Waals surface area contributed by atoms with E-state index in [0.717, 1.165) is 31.7 Å². The summed E-state index contributed by atoms with van der Waals surface area (Å²) in [6.07, 6.45) is 5.88. The predicted molar refractivity (Wildman–Crippen MR) is 70.9 cm³/mol. The van der Waals surface area contributed by atoms with Gasteiger partial charge in [0.2, 0.25) is 0 Å². The van der Waals surface area contributed by atoms with Crippen molar-refractivity contribution >= 4 is 6.09 Å². The molecule has 1 aliphatic heterocycles. The molecule has 0 unspecified atom stereocenters. The minimum atomic E-state index is -0.439. The fourth-order valence-electron chi connectivity index (χ4n) is 2.29. The van der Waals surface area contributed by atoms with Crippen molar-refractivity contribution in [2.75, 3.05) is 13.1 Å². The van der Waals surface area contributed by atoms with Crippen LogP contribution in [0.2, 0.25) is 0 Å². The fourth-order valence-corrected chi connectivity index (χ4v) is 2.29. The summed E-state index contributed by atoms with van der Waals surface area (Å²) in [5, 5.41) is 0. The number of amides is 1. The third-order valence-electron chi connectivity index (χ3n) is 3.18. The second-order valence-corrected chi connectivity index (χ2v) is 5.97. The maximum absolute atomic E-state index is 12.0. The van der Waals surface area contributed by atoms with Gasteiger partial charge in [0, 0.05) is 19.0 Å². The van der Waals surface area contributed by atoms with Crippen LogP contribution in [-0.4, -0.2) is 34.7 Å². The number of hydrogen-bond donors (Lipinski definition) is 0. The van der Waals surface area contributed by atoms with Crippen LogP contribution in [0.25, 0.3) is 0 Å². The largest absolute Gasteiger partial charge is 0.449 e. The first-order valence-corrected chi connectivity index (χ1v) is 6.83. The second-order valence-electron chi connectivity index (χ2n) is 5.97. The normalized spacial score (nSPS) is 21.0. The average molecular weight is 266 g/mol. The van der Waals surface area contributed by atoms with Crippen molar-refractivity contribution in [3.8, 4) is 0 Å². The fraction of sp³-hybridized carbons (Fsp3) is 0.714. The summed E-state index contributed by atoms with van der Waals surface area (Å²) >= 11 is 0. The molecule has 5 heteroatoms. The van der Waals surface area contributed by atoms with E-state index in [9.17, 15) is 4.79 Å². The lowest BCUT2D eigenvalue weighted by atomic mass is 10.0. The van der Waals surface area contributed by atoms with Crippen LogP contribution >= 0.6 is 0 Å². The molecule has 2 rings (SSSR count). The molecule has 19 heavy (non-hydrogen) atoms. The molecule has 0 aliphatic carbocycles. The summed E-state index contributed by atoms with van der Waals surface area (Å²) in [6.45, 7) is 7.10. The zero-order chi connectivity index (χ0) is 13.9. The first-order valence-electron chi connectivity index (χ1n) is 6.83. The molecule has 0 aromatic carbocycles. The average Bonchev–Trinajstić information content (AvgIpc) is 2.71. The van der Waals surface area contributed by atoms with Gasteiger partial charge in [-0.2, -0.15) is 0 Å². The minimum Gasteiger partial charge on any atom is -0.449 e. The topological polar surface area (TPSA) is 55.6 Å². The van der Waals surface area contributed by atoms with Crippen LogP contribution in [0.3, 0.4) is 0 Å². The van der Waals surface area contributed by atoms with Gasteiger partial charge in [0.25, 0.3) is 0 Å². The highest BCUT2D eigenvalue weighted by Gasteiger charge is 2.26. The van der Waals surface area contributed by atoms with Gasteiger partial charge in [-0.3, -0.25) is 0 Å². The summed E-state index contributed by atoms with van der Waals surface area (Å²) in [6, 6.07) is 0. The standard InChI is InChI=1S/C14H22N2O3/c1-14(2,3)19-13(17)16-8-4-5-11(6-9-16)12-15-7-10-18-12/h7,10-11H,4-6,8-9H2,1-3H3/t11-/m0/s1. The molecular formula is C14H22N2O3. The van der Waals surface area contributed by atoms with E-state index in [0.29, 0.717) is 12.5 Å². The smallest absolute Gasteiger partial charge is 0.410 e. The van der Waals surface area contributed by atoms with Crippen molar-refractivity contribution in [3.05, 3.63) is 18.4 Å². The molecular weight excluding hydrogens is 244 g/mol. The van der Waals surface area contributed by atoms with Crippen LogP contribution in [0.1, 0.15) is 51.8 Å². The zero-order valence-corrected chi connectivity index (χ0v) is 11.9. The third kappa shape index (κ3) is 3.98. The molecule has 1 saturated heterocycles. The minimum absolute atomic E-state index is 0.222. The summed E-state index contributed by atoms with van der Waals surface area (Å²) in [4.78, 5) is 18.0. The lowest BCUT2D eigenvalue weighted by molar-refractivity contribution is 0.0256. The number of nitrogens with zero attached hydrogens (tertiary/aromatic N) is 2. The highest BCUT2D eigenvalue weighted by atomic mass is 16.6. The van der Waals surface area contributed by atoms with Crippen molar-refractivity contribution in [1.29, 1.82) is 0 Å². The third-order valence-corrected chi connectivity index (χ3v) is 3.18. The van der Waals surface area contributed by atoms with Gasteiger partial charge in [-0.05, 0) is 40.0 Å². The van der Waals surface area contributed by atoms with Gasteiger partial charge in [0.15, 0.2) is 5.89 Å². The summed E-state index contributed by atoms with van der Waals surface area (Å²) in [5.41, 5.74) is -0.439. The first kappa shape index (κ1) is 13.9. The Morgan fingerprint density at radius 3 is 2.84 bits per heavy atom. The van der Waals surface area contributed by atoms with Crippen LogP contribution in [-0.2, 0) is 4.74 Å². The Kier molecular flexibility index (Phi) is 4.12. The van der Waals surface area contributed by atoms with Crippen molar-refractivity contribution in [3.63, 3.8) is 0 Å². The molecule has 0 bridgehead atoms. The van der Waals surface area contributed by atoms with E-state index in [4.69, 9.17) is 9.15 Å². The Hall–Kier alpha value is -1.52. The monoisotopic (exact) mass is 266 g/mol. The Morgan fingerprint density at radius 2 is 2.21 bits per heavy atom. The van der Waals surface area contributed by atoms with Crippen molar-refractivity contribution in [2.45, 2.75) is 51.6 Å². The maximum atomic E-state index is 12.0. The van der Waals surface area contributed by atoms with E-state index in [1.54, 1.807) is 17.4 Å². The summed E-state index contributed by atoms with van der Waals surface area (Å²) in [5.74, 6) is 1.09. The van der Waals surface area contributed by atoms with E-state index in [-0.39, 0.29) is 6.09 Å². The van der Waals surface area contributed by atoms with Gasteiger partial charge in [0.1, 0.15) is 11.9 Å². The van der Waals surface area contributed by atoms with Gasteiger partial charge in [-0.25, -0.2) is 9.78 Å². The molecule has 0 saturated carbocycles. The van der Waals surface area contributed by atoms with Crippen molar-refractivity contribution in [2.24, 2.45) is 0 Å². The number of hydrogen-bond acceptors (Lipinski definition) is 4. The Morgan fingerprint density at radius 1 is 1.42 bits per heavy atom. The maximum Gasteiger partial charge on any atom is 0.410 e. The van der Waals surface area contributed by atoms with Gasteiger partial charge >= 0.3 is 6.09 Å². The van der Waals surface area contributed by atoms with Gasteiger partial charge in [0.05, 0.1) is 6.20 Å². The lowest BCUT2D eigenvalue weighted by Gasteiger charge is -2.26. The molecule has 2 heterocycles. The van der Waals surface area contributed by atoms with Crippen LogP contribution in [0, 0.1) is 0 Å². The van der Waals surface area contributed by atoms with Crippen LogP contribution in [0.15, 0.2) is 16.9 Å². The molecule has 1 fully saturated rings. The number of carbonyl (C=O) groups is 1. The van der Waals surface area contributed by atoms with Crippen LogP contribution < -0.4 is 0 Å². The van der Waals surface area contributed by atoms with Gasteiger partial charge in [-0.15, -0.1) is 0 Å². The van der Waals surface area contributed by atoms with E-state index in [1.807, 2.05) is 20.8 Å². The summed E-state index contributed by atoms with van der Waals surface area (Å²) in [7, 11) is 0. The molecule has 0 spiro atoms. The number of likely N-dealkylation sites (tertiary alicyclic amines) is 1. The van der Waals surface area contributed by atoms with E-state index in [1.165, 1.54) is 0 Å². The van der Waals surface area contributed by atoms with E-state index in [2.05, 4.69) is 4.98 Å². The van der Waals surface area contributed by atoms with E-state index >= 15 is 0 Å². The quantitative estimate of drug-likeness (QED) is 0.783. The van der Waals surface area contributed by atoms with Gasteiger partial charge < -0.3 is 14.1 Å². The Labute approximate surface area is 113 Å². The van der Waals surface area contributed by atoms with Crippen molar-refractivity contribution < 1.29 is 13.9 Å². The molecule has 5 nitrogen and oxygen atoms in total. The molecule has 1 aromatic heterocycles. The number of carbonyl (C=O) groups excluding carboxylic acids is 1. The number of rotatable bonds is 1. The highest BCUT2D eigenvalue weighted by Crippen LogP contribution is 2.27. The second kappa shape index (κ2) is 5.63. The number of aromatic nitrogens is 1. The predicted octanol–water partition coefficient (Wildman–Crippen LogP) is 3.18. The van der Waals surface area contributed by atoms with Gasteiger partial charge in [-0.1, -0.05) is 0 Å². The van der Waals surface area contributed by atoms with Crippen LogP contribution in [0.5, 0.6) is 0 Å². The van der Waals surface area contributed by atoms with Crippen molar-refractivity contribution in [1.82, 2.24) is 9.88 Å². The number of oxazole rings is 1. The molecule has 1 amide bonds. The molecule has 1 atom stereocenters. The highest BCUT2D eigenvalue weighted by molar-refractivity contribution is 5.68. The SMILES string of the molecule is CC(C)(C)OC(=O)N1CCC[C@H](c2ncco2)CC1. The molecule has 1 aliphatic rings. The van der Waals surface area contributed by atoms with E-state index < -0.39 is 5.60 Å². The molecule has 0 radical (unpaired) electrons. The lowest BCUT2D eigenvalue weighted by Crippen LogP contribution is -2.37. The molecule has 106 valence electrons. The first-order chi connectivity index (χ1) is 8.96. The Bertz CT molecular complexity index is 409. The number of ether oxygens (including phenoxy) is 1. The zero-order valence-electron chi connectivity index (χ0n) is 11.9. The summed E-state index contributed by atoms with van der Waals surface area (Å²) < 4.78 is 10.8. The Balaban J connectivity index is 1.91. The molecule has 0 N–H and O–H groups in total. The molecule has 1 aromatic rings.